The molecule has 1 N–H and O–H groups in total. The van der Waals surface area contributed by atoms with Crippen molar-refractivity contribution in [1.29, 1.82) is 5.26 Å². The van der Waals surface area contributed by atoms with Crippen LogP contribution in [0.25, 0.3) is 0 Å². The van der Waals surface area contributed by atoms with E-state index in [0.717, 1.165) is 31.2 Å². The molecule has 3 rings (SSSR count). The highest BCUT2D eigenvalue weighted by atomic mass is 16.2. The van der Waals surface area contributed by atoms with Crippen LogP contribution in [0.4, 0.5) is 5.69 Å². The molecule has 2 unspecified atom stereocenters. The molecule has 1 fully saturated rings. The summed E-state index contributed by atoms with van der Waals surface area (Å²) in [7, 11) is 1.57. The number of hydrogen-bond acceptors (Lipinski definition) is 5. The predicted molar refractivity (Wildman–Crippen MR) is 137 cm³/mol. The lowest BCUT2D eigenvalue weighted by molar-refractivity contribution is -0.128. The second kappa shape index (κ2) is 11.4. The van der Waals surface area contributed by atoms with Gasteiger partial charge in [0.15, 0.2) is 6.19 Å². The van der Waals surface area contributed by atoms with Gasteiger partial charge in [0.1, 0.15) is 12.1 Å². The molecule has 0 radical (unpaired) electrons. The molecule has 1 aromatic carbocycles. The summed E-state index contributed by atoms with van der Waals surface area (Å²) in [6.07, 6.45) is 10.5. The van der Waals surface area contributed by atoms with E-state index in [0.29, 0.717) is 11.3 Å². The Bertz CT molecular complexity index is 1030. The summed E-state index contributed by atoms with van der Waals surface area (Å²) in [6, 6.07) is 9.78. The highest BCUT2D eigenvalue weighted by Crippen LogP contribution is 2.32. The fourth-order valence-corrected chi connectivity index (χ4v) is 4.46. The molecule has 0 spiro atoms. The zero-order valence-corrected chi connectivity index (χ0v) is 21.5. The van der Waals surface area contributed by atoms with Gasteiger partial charge in [-0.15, -0.1) is 0 Å². The van der Waals surface area contributed by atoms with Crippen molar-refractivity contribution in [1.82, 2.24) is 15.2 Å². The molecule has 7 nitrogen and oxygen atoms in total. The van der Waals surface area contributed by atoms with Crippen LogP contribution >= 0.6 is 0 Å². The molecule has 7 heteroatoms. The molecule has 186 valence electrons. The summed E-state index contributed by atoms with van der Waals surface area (Å²) in [5.74, 6) is -0.560. The molecule has 0 aliphatic heterocycles. The van der Waals surface area contributed by atoms with Crippen molar-refractivity contribution >= 4 is 17.5 Å². The number of benzene rings is 1. The van der Waals surface area contributed by atoms with Crippen LogP contribution in [0, 0.1) is 11.5 Å². The highest BCUT2D eigenvalue weighted by Gasteiger charge is 2.37. The van der Waals surface area contributed by atoms with Crippen LogP contribution < -0.4 is 10.2 Å². The van der Waals surface area contributed by atoms with Crippen molar-refractivity contribution in [3.63, 3.8) is 0 Å². The van der Waals surface area contributed by atoms with Gasteiger partial charge in [0.05, 0.1) is 0 Å². The van der Waals surface area contributed by atoms with E-state index in [1.807, 2.05) is 36.5 Å². The first-order valence-corrected chi connectivity index (χ1v) is 12.4. The monoisotopic (exact) mass is 475 g/mol. The SMILES string of the molecule is CC(C(=O)N(c1ccc(C(C)(C)C)cc1)C(C(=O)NC1CCCCC1)c1cccnc1)N(C)C#N. The maximum Gasteiger partial charge on any atom is 0.251 e. The van der Waals surface area contributed by atoms with E-state index in [9.17, 15) is 14.9 Å². The zero-order valence-electron chi connectivity index (χ0n) is 21.5. The average Bonchev–Trinajstić information content (AvgIpc) is 2.86. The second-order valence-corrected chi connectivity index (χ2v) is 10.4. The van der Waals surface area contributed by atoms with Crippen LogP contribution in [0.1, 0.15) is 77.0 Å². The van der Waals surface area contributed by atoms with Crippen molar-refractivity contribution < 1.29 is 9.59 Å². The van der Waals surface area contributed by atoms with Crippen molar-refractivity contribution in [3.8, 4) is 6.19 Å². The number of carbonyl (C=O) groups is 2. The van der Waals surface area contributed by atoms with Crippen molar-refractivity contribution in [2.75, 3.05) is 11.9 Å². The van der Waals surface area contributed by atoms with E-state index in [4.69, 9.17) is 0 Å². The van der Waals surface area contributed by atoms with Gasteiger partial charge in [-0.05, 0) is 48.9 Å². The molecule has 0 saturated heterocycles. The first-order valence-electron chi connectivity index (χ1n) is 12.4. The number of nitrogens with zero attached hydrogens (tertiary/aromatic N) is 4. The van der Waals surface area contributed by atoms with Crippen LogP contribution in [0.5, 0.6) is 0 Å². The number of carbonyl (C=O) groups excluding carboxylic acids is 2. The number of likely N-dealkylation sites (N-methyl/N-ethyl adjacent to an activating group) is 1. The van der Waals surface area contributed by atoms with Gasteiger partial charge in [-0.25, -0.2) is 0 Å². The molecule has 35 heavy (non-hydrogen) atoms. The maximum atomic E-state index is 13.9. The summed E-state index contributed by atoms with van der Waals surface area (Å²) >= 11 is 0. The Kier molecular flexibility index (Phi) is 8.50. The third kappa shape index (κ3) is 6.39. The number of anilines is 1. The summed E-state index contributed by atoms with van der Waals surface area (Å²) in [4.78, 5) is 34.7. The Morgan fingerprint density at radius 2 is 1.77 bits per heavy atom. The number of amides is 2. The van der Waals surface area contributed by atoms with Crippen LogP contribution in [0.2, 0.25) is 0 Å². The zero-order chi connectivity index (χ0) is 25.6. The molecule has 1 heterocycles. The average molecular weight is 476 g/mol. The highest BCUT2D eigenvalue weighted by molar-refractivity contribution is 6.03. The van der Waals surface area contributed by atoms with E-state index < -0.39 is 12.1 Å². The molecule has 1 aromatic heterocycles. The van der Waals surface area contributed by atoms with Gasteiger partial charge in [-0.2, -0.15) is 5.26 Å². The molecule has 1 aliphatic carbocycles. The van der Waals surface area contributed by atoms with Crippen LogP contribution in [-0.4, -0.2) is 40.8 Å². The van der Waals surface area contributed by atoms with Crippen molar-refractivity contribution in [3.05, 3.63) is 59.9 Å². The number of nitriles is 1. The Morgan fingerprint density at radius 1 is 1.11 bits per heavy atom. The quantitative estimate of drug-likeness (QED) is 0.463. The van der Waals surface area contributed by atoms with Gasteiger partial charge in [-0.1, -0.05) is 58.2 Å². The molecule has 1 aliphatic rings. The van der Waals surface area contributed by atoms with E-state index in [2.05, 4.69) is 31.1 Å². The number of nitrogens with one attached hydrogen (secondary N) is 1. The number of aromatic nitrogens is 1. The molecule has 0 bridgehead atoms. The standard InChI is InChI=1S/C28H37N5O2/c1-20(32(5)19-29)27(35)33(24-15-13-22(14-16-24)28(2,3)4)25(21-10-9-17-30-18-21)26(34)31-23-11-7-6-8-12-23/h9-10,13-18,20,23,25H,6-8,11-12H2,1-5H3,(H,31,34). The topological polar surface area (TPSA) is 89.3 Å². The fraction of sp³-hybridized carbons (Fsp3) is 0.500. The lowest BCUT2D eigenvalue weighted by Gasteiger charge is -2.35. The number of hydrogen-bond donors (Lipinski definition) is 1. The van der Waals surface area contributed by atoms with Crippen LogP contribution in [0.3, 0.4) is 0 Å². The van der Waals surface area contributed by atoms with Gasteiger partial charge < -0.3 is 10.2 Å². The Hall–Kier alpha value is -3.40. The van der Waals surface area contributed by atoms with Crippen LogP contribution in [0.15, 0.2) is 48.8 Å². The lowest BCUT2D eigenvalue weighted by atomic mass is 9.87. The summed E-state index contributed by atoms with van der Waals surface area (Å²) in [5.41, 5.74) is 2.30. The molecule has 2 atom stereocenters. The number of rotatable bonds is 7. The van der Waals surface area contributed by atoms with Gasteiger partial charge in [0.2, 0.25) is 5.91 Å². The fourth-order valence-electron chi connectivity index (χ4n) is 4.46. The molecule has 1 saturated carbocycles. The summed E-state index contributed by atoms with van der Waals surface area (Å²) in [6.45, 7) is 8.07. The number of pyridine rings is 1. The van der Waals surface area contributed by atoms with E-state index in [-0.39, 0.29) is 23.3 Å². The lowest BCUT2D eigenvalue weighted by Crippen LogP contribution is -2.51. The van der Waals surface area contributed by atoms with Gasteiger partial charge in [-0.3, -0.25) is 19.5 Å². The summed E-state index contributed by atoms with van der Waals surface area (Å²) < 4.78 is 0. The molecular weight excluding hydrogens is 438 g/mol. The largest absolute Gasteiger partial charge is 0.351 e. The van der Waals surface area contributed by atoms with E-state index in [1.165, 1.54) is 16.2 Å². The maximum absolute atomic E-state index is 13.9. The molecular formula is C28H37N5O2. The smallest absolute Gasteiger partial charge is 0.251 e. The predicted octanol–water partition coefficient (Wildman–Crippen LogP) is 4.70. The first kappa shape index (κ1) is 26.2. The van der Waals surface area contributed by atoms with Gasteiger partial charge >= 0.3 is 0 Å². The van der Waals surface area contributed by atoms with E-state index >= 15 is 0 Å². The first-order chi connectivity index (χ1) is 16.6. The third-order valence-electron chi connectivity index (χ3n) is 6.80. The van der Waals surface area contributed by atoms with Crippen molar-refractivity contribution in [2.45, 2.75) is 83.3 Å². The third-order valence-corrected chi connectivity index (χ3v) is 6.80. The van der Waals surface area contributed by atoms with Crippen LogP contribution in [-0.2, 0) is 15.0 Å². The normalized spacial score (nSPS) is 16.0. The Labute approximate surface area is 209 Å². The van der Waals surface area contributed by atoms with Crippen molar-refractivity contribution in [2.24, 2.45) is 0 Å². The van der Waals surface area contributed by atoms with Gasteiger partial charge in [0.25, 0.3) is 5.91 Å². The second-order valence-electron chi connectivity index (χ2n) is 10.4. The minimum Gasteiger partial charge on any atom is -0.351 e. The summed E-state index contributed by atoms with van der Waals surface area (Å²) in [5, 5.41) is 12.6. The van der Waals surface area contributed by atoms with Gasteiger partial charge in [0, 0.05) is 36.7 Å². The Balaban J connectivity index is 2.08. The van der Waals surface area contributed by atoms with E-state index in [1.54, 1.807) is 32.4 Å². The molecule has 2 amide bonds. The Morgan fingerprint density at radius 3 is 2.31 bits per heavy atom. The minimum absolute atomic E-state index is 0.0528. The molecule has 2 aromatic rings. The minimum atomic E-state index is -0.909.